The molecule has 0 amide bonds. The molecular formula is C9H13N3O. The summed E-state index contributed by atoms with van der Waals surface area (Å²) in [5.74, 6) is 0. The Kier molecular flexibility index (Phi) is 2.97. The molecule has 4 heteroatoms. The van der Waals surface area contributed by atoms with Gasteiger partial charge in [-0.2, -0.15) is 0 Å². The molecule has 1 aromatic heterocycles. The van der Waals surface area contributed by atoms with E-state index in [2.05, 4.69) is 4.98 Å². The van der Waals surface area contributed by atoms with E-state index in [-0.39, 0.29) is 0 Å². The Labute approximate surface area is 77.2 Å². The van der Waals surface area contributed by atoms with Crippen molar-refractivity contribution in [3.05, 3.63) is 23.0 Å². The Hall–Kier alpha value is -1.42. The fourth-order valence-electron chi connectivity index (χ4n) is 1.12. The highest BCUT2D eigenvalue weighted by atomic mass is 16.5. The minimum atomic E-state index is 0.417. The van der Waals surface area contributed by atoms with Crippen LogP contribution in [0.1, 0.15) is 16.8 Å². The zero-order valence-electron chi connectivity index (χ0n) is 7.79. The van der Waals surface area contributed by atoms with Crippen LogP contribution in [0.25, 0.3) is 0 Å². The van der Waals surface area contributed by atoms with Crippen LogP contribution in [-0.4, -0.2) is 18.3 Å². The molecule has 1 rings (SSSR count). The monoisotopic (exact) mass is 179 g/mol. The summed E-state index contributed by atoms with van der Waals surface area (Å²) >= 11 is 0. The number of anilines is 1. The molecule has 0 aromatic carbocycles. The number of hydrogen-bond acceptors (Lipinski definition) is 4. The van der Waals surface area contributed by atoms with Crippen molar-refractivity contribution in [1.82, 2.24) is 4.98 Å². The first-order chi connectivity index (χ1) is 6.20. The number of aryl methyl sites for hydroxylation is 1. The second-order valence-corrected chi connectivity index (χ2v) is 2.77. The number of nitrogens with two attached hydrogens (primary N) is 1. The van der Waals surface area contributed by atoms with Crippen LogP contribution < -0.4 is 5.73 Å². The number of aromatic nitrogens is 1. The van der Waals surface area contributed by atoms with E-state index in [4.69, 9.17) is 15.9 Å². The molecule has 0 saturated carbocycles. The maximum atomic E-state index is 7.15. The second-order valence-electron chi connectivity index (χ2n) is 2.77. The third-order valence-electron chi connectivity index (χ3n) is 1.90. The number of hydrogen-bond donors (Lipinski definition) is 2. The summed E-state index contributed by atoms with van der Waals surface area (Å²) in [6.07, 6.45) is 2.87. The normalized spacial score (nSPS) is 10.0. The number of ether oxygens (including phenoxy) is 1. The summed E-state index contributed by atoms with van der Waals surface area (Å²) in [5.41, 5.74) is 8.74. The Bertz CT molecular complexity index is 323. The van der Waals surface area contributed by atoms with Gasteiger partial charge in [-0.05, 0) is 6.92 Å². The fourth-order valence-corrected chi connectivity index (χ4v) is 1.12. The lowest BCUT2D eigenvalue weighted by Crippen LogP contribution is -2.04. The number of nitrogens with zero attached hydrogens (tertiary/aromatic N) is 1. The summed E-state index contributed by atoms with van der Waals surface area (Å²) in [7, 11) is 1.60. The van der Waals surface area contributed by atoms with Gasteiger partial charge in [-0.15, -0.1) is 0 Å². The molecule has 70 valence electrons. The molecule has 4 nitrogen and oxygen atoms in total. The van der Waals surface area contributed by atoms with Gasteiger partial charge in [-0.1, -0.05) is 0 Å². The van der Waals surface area contributed by atoms with Crippen molar-refractivity contribution in [3.8, 4) is 0 Å². The summed E-state index contributed by atoms with van der Waals surface area (Å²) < 4.78 is 5.00. The van der Waals surface area contributed by atoms with Crippen molar-refractivity contribution in [3.63, 3.8) is 0 Å². The molecule has 3 N–H and O–H groups in total. The van der Waals surface area contributed by atoms with Crippen LogP contribution in [-0.2, 0) is 11.3 Å². The zero-order chi connectivity index (χ0) is 9.84. The van der Waals surface area contributed by atoms with Crippen LogP contribution in [0.4, 0.5) is 5.69 Å². The van der Waals surface area contributed by atoms with E-state index in [9.17, 15) is 0 Å². The number of pyridine rings is 1. The molecule has 0 aliphatic rings. The highest BCUT2D eigenvalue weighted by Gasteiger charge is 2.07. The smallest absolute Gasteiger partial charge is 0.0740 e. The average molecular weight is 179 g/mol. The third kappa shape index (κ3) is 1.84. The predicted octanol–water partition coefficient (Wildman–Crippen LogP) is 1.12. The maximum absolute atomic E-state index is 7.15. The summed E-state index contributed by atoms with van der Waals surface area (Å²) in [6, 6.07) is 0. The van der Waals surface area contributed by atoms with E-state index < -0.39 is 0 Å². The van der Waals surface area contributed by atoms with Gasteiger partial charge in [-0.3, -0.25) is 4.98 Å². The van der Waals surface area contributed by atoms with Gasteiger partial charge in [0.1, 0.15) is 0 Å². The van der Waals surface area contributed by atoms with Crippen LogP contribution in [0, 0.1) is 12.3 Å². The van der Waals surface area contributed by atoms with Crippen molar-refractivity contribution in [1.29, 1.82) is 5.41 Å². The van der Waals surface area contributed by atoms with Crippen LogP contribution in [0.5, 0.6) is 0 Å². The molecule has 0 spiro atoms. The van der Waals surface area contributed by atoms with Gasteiger partial charge < -0.3 is 15.9 Å². The molecular weight excluding hydrogens is 166 g/mol. The first-order valence-corrected chi connectivity index (χ1v) is 3.94. The Balaban J connectivity index is 3.23. The van der Waals surface area contributed by atoms with Crippen LogP contribution in [0.2, 0.25) is 0 Å². The van der Waals surface area contributed by atoms with E-state index in [1.54, 1.807) is 13.3 Å². The molecule has 0 aliphatic carbocycles. The predicted molar refractivity (Wildman–Crippen MR) is 52.0 cm³/mol. The molecule has 1 aromatic rings. The van der Waals surface area contributed by atoms with Crippen LogP contribution in [0.3, 0.4) is 0 Å². The molecule has 0 aliphatic heterocycles. The molecule has 13 heavy (non-hydrogen) atoms. The van der Waals surface area contributed by atoms with Gasteiger partial charge in [0, 0.05) is 30.6 Å². The number of methoxy groups -OCH3 is 1. The van der Waals surface area contributed by atoms with E-state index in [1.807, 2.05) is 6.92 Å². The summed E-state index contributed by atoms with van der Waals surface area (Å²) in [6.45, 7) is 2.25. The van der Waals surface area contributed by atoms with Gasteiger partial charge in [0.15, 0.2) is 0 Å². The first-order valence-electron chi connectivity index (χ1n) is 3.94. The lowest BCUT2D eigenvalue weighted by molar-refractivity contribution is 0.185. The molecule has 0 atom stereocenters. The molecule has 1 heterocycles. The first kappa shape index (κ1) is 9.67. The van der Waals surface area contributed by atoms with Crippen molar-refractivity contribution in [2.75, 3.05) is 12.8 Å². The van der Waals surface area contributed by atoms with Gasteiger partial charge >= 0.3 is 0 Å². The van der Waals surface area contributed by atoms with E-state index in [0.29, 0.717) is 17.9 Å². The topological polar surface area (TPSA) is 72.0 Å². The van der Waals surface area contributed by atoms with Gasteiger partial charge in [0.05, 0.1) is 18.0 Å². The standard InChI is InChI=1S/C9H13N3O/c1-6-9(11)8(5-13-2)7(3-10)4-12-6/h3-4,10H,5,11H2,1-2H3. The van der Waals surface area contributed by atoms with Crippen molar-refractivity contribution in [2.24, 2.45) is 0 Å². The molecule has 0 radical (unpaired) electrons. The molecule has 0 fully saturated rings. The summed E-state index contributed by atoms with van der Waals surface area (Å²) in [5, 5.41) is 7.15. The van der Waals surface area contributed by atoms with Crippen molar-refractivity contribution >= 4 is 11.9 Å². The van der Waals surface area contributed by atoms with Crippen LogP contribution in [0.15, 0.2) is 6.20 Å². The van der Waals surface area contributed by atoms with E-state index in [1.165, 1.54) is 6.21 Å². The zero-order valence-corrected chi connectivity index (χ0v) is 7.79. The minimum absolute atomic E-state index is 0.417. The number of nitrogen functional groups attached to an aromatic ring is 1. The minimum Gasteiger partial charge on any atom is -0.397 e. The highest BCUT2D eigenvalue weighted by molar-refractivity contribution is 5.81. The Morgan fingerprint density at radius 1 is 1.69 bits per heavy atom. The third-order valence-corrected chi connectivity index (χ3v) is 1.90. The van der Waals surface area contributed by atoms with Gasteiger partial charge in [0.2, 0.25) is 0 Å². The molecule has 0 bridgehead atoms. The molecule has 0 saturated heterocycles. The quantitative estimate of drug-likeness (QED) is 0.683. The highest BCUT2D eigenvalue weighted by Crippen LogP contribution is 2.18. The average Bonchev–Trinajstić information content (AvgIpc) is 2.14. The molecule has 0 unspecified atom stereocenters. The van der Waals surface area contributed by atoms with Crippen molar-refractivity contribution < 1.29 is 4.74 Å². The Morgan fingerprint density at radius 2 is 2.38 bits per heavy atom. The SMILES string of the molecule is COCc1c(C=N)cnc(C)c1N. The number of nitrogens with one attached hydrogen (secondary N) is 1. The largest absolute Gasteiger partial charge is 0.397 e. The van der Waals surface area contributed by atoms with Gasteiger partial charge in [-0.25, -0.2) is 0 Å². The van der Waals surface area contributed by atoms with E-state index >= 15 is 0 Å². The lowest BCUT2D eigenvalue weighted by Gasteiger charge is -2.09. The second kappa shape index (κ2) is 4.00. The maximum Gasteiger partial charge on any atom is 0.0740 e. The summed E-state index contributed by atoms with van der Waals surface area (Å²) in [4.78, 5) is 4.06. The van der Waals surface area contributed by atoms with E-state index in [0.717, 1.165) is 11.3 Å². The fraction of sp³-hybridized carbons (Fsp3) is 0.333. The van der Waals surface area contributed by atoms with Crippen molar-refractivity contribution in [2.45, 2.75) is 13.5 Å². The van der Waals surface area contributed by atoms with Gasteiger partial charge in [0.25, 0.3) is 0 Å². The van der Waals surface area contributed by atoms with Crippen LogP contribution >= 0.6 is 0 Å². The lowest BCUT2D eigenvalue weighted by atomic mass is 10.1. The Morgan fingerprint density at radius 3 is 2.92 bits per heavy atom. The number of rotatable bonds is 3.